The fourth-order valence-electron chi connectivity index (χ4n) is 2.24. The average molecular weight is 284 g/mol. The molecule has 0 saturated carbocycles. The topological polar surface area (TPSA) is 17.1 Å². The number of Topliss-reactive ketones (excluding diaryl/α,β-unsaturated/α-hetero) is 1. The van der Waals surface area contributed by atoms with Crippen LogP contribution in [0.2, 0.25) is 0 Å². The van der Waals surface area contributed by atoms with E-state index < -0.39 is 0 Å². The number of carbonyl (C=O) groups is 1. The second kappa shape index (κ2) is 7.30. The minimum Gasteiger partial charge on any atom is -0.299 e. The molecule has 0 saturated heterocycles. The van der Waals surface area contributed by atoms with Crippen molar-refractivity contribution in [1.82, 2.24) is 0 Å². The Labute approximate surface area is 125 Å². The number of benzene rings is 2. The second-order valence-corrected chi connectivity index (χ2v) is 6.09. The quantitative estimate of drug-likeness (QED) is 0.684. The van der Waals surface area contributed by atoms with Gasteiger partial charge in [0, 0.05) is 22.5 Å². The van der Waals surface area contributed by atoms with Crippen LogP contribution in [0.5, 0.6) is 0 Å². The van der Waals surface area contributed by atoms with Gasteiger partial charge in [0.15, 0.2) is 0 Å². The summed E-state index contributed by atoms with van der Waals surface area (Å²) >= 11 is 1.77. The van der Waals surface area contributed by atoms with Crippen LogP contribution in [0.1, 0.15) is 31.1 Å². The van der Waals surface area contributed by atoms with E-state index in [0.29, 0.717) is 12.2 Å². The number of hydrogen-bond acceptors (Lipinski definition) is 2. The zero-order chi connectivity index (χ0) is 14.4. The molecule has 2 aromatic carbocycles. The lowest BCUT2D eigenvalue weighted by Crippen LogP contribution is -2.16. The van der Waals surface area contributed by atoms with Crippen LogP contribution in [0.4, 0.5) is 0 Å². The van der Waals surface area contributed by atoms with E-state index >= 15 is 0 Å². The molecule has 0 N–H and O–H groups in total. The van der Waals surface area contributed by atoms with Gasteiger partial charge in [-0.3, -0.25) is 4.79 Å². The maximum absolute atomic E-state index is 12.1. The highest BCUT2D eigenvalue weighted by atomic mass is 32.2. The van der Waals surface area contributed by atoms with Crippen LogP contribution in [-0.4, -0.2) is 5.78 Å². The fourth-order valence-corrected chi connectivity index (χ4v) is 3.49. The third-order valence-electron chi connectivity index (χ3n) is 3.44. The highest BCUT2D eigenvalue weighted by Crippen LogP contribution is 2.41. The predicted molar refractivity (Wildman–Crippen MR) is 85.9 cm³/mol. The average Bonchev–Trinajstić information content (AvgIpc) is 2.53. The molecule has 2 heteroatoms. The van der Waals surface area contributed by atoms with Crippen molar-refractivity contribution in [1.29, 1.82) is 0 Å². The number of rotatable bonds is 6. The Morgan fingerprint density at radius 2 is 1.55 bits per heavy atom. The molecule has 0 aliphatic heterocycles. The molecule has 0 amide bonds. The van der Waals surface area contributed by atoms with Crippen LogP contribution in [-0.2, 0) is 4.79 Å². The maximum Gasteiger partial charge on any atom is 0.136 e. The smallest absolute Gasteiger partial charge is 0.136 e. The molecule has 0 bridgehead atoms. The highest BCUT2D eigenvalue weighted by Gasteiger charge is 2.25. The molecule has 20 heavy (non-hydrogen) atoms. The van der Waals surface area contributed by atoms with Gasteiger partial charge in [0.05, 0.1) is 0 Å². The van der Waals surface area contributed by atoms with Gasteiger partial charge in [0.1, 0.15) is 5.78 Å². The van der Waals surface area contributed by atoms with Crippen LogP contribution < -0.4 is 0 Å². The van der Waals surface area contributed by atoms with E-state index in [0.717, 1.165) is 0 Å². The number of hydrogen-bond donors (Lipinski definition) is 0. The minimum absolute atomic E-state index is 0.0209. The van der Waals surface area contributed by atoms with Gasteiger partial charge in [-0.1, -0.05) is 62.4 Å². The van der Waals surface area contributed by atoms with Crippen molar-refractivity contribution in [3.8, 4) is 0 Å². The SMILES string of the molecule is CCC(=O)C(C)C(Sc1ccccc1)c1ccccc1. The third-order valence-corrected chi connectivity index (χ3v) is 4.92. The maximum atomic E-state index is 12.1. The summed E-state index contributed by atoms with van der Waals surface area (Å²) in [5, 5.41) is 0.172. The van der Waals surface area contributed by atoms with Crippen molar-refractivity contribution in [3.63, 3.8) is 0 Å². The van der Waals surface area contributed by atoms with Crippen LogP contribution in [0.15, 0.2) is 65.6 Å². The molecule has 0 aliphatic rings. The van der Waals surface area contributed by atoms with Crippen molar-refractivity contribution in [2.75, 3.05) is 0 Å². The van der Waals surface area contributed by atoms with Crippen molar-refractivity contribution >= 4 is 17.5 Å². The van der Waals surface area contributed by atoms with Gasteiger partial charge in [-0.15, -0.1) is 11.8 Å². The molecule has 0 spiro atoms. The Kier molecular flexibility index (Phi) is 5.42. The highest BCUT2D eigenvalue weighted by molar-refractivity contribution is 7.99. The molecule has 1 nitrogen and oxygen atoms in total. The van der Waals surface area contributed by atoms with Gasteiger partial charge in [0.2, 0.25) is 0 Å². The van der Waals surface area contributed by atoms with Crippen LogP contribution in [0.25, 0.3) is 0 Å². The van der Waals surface area contributed by atoms with Gasteiger partial charge in [-0.2, -0.15) is 0 Å². The first kappa shape index (κ1) is 14.9. The summed E-state index contributed by atoms with van der Waals surface area (Å²) in [6, 6.07) is 20.6. The monoisotopic (exact) mass is 284 g/mol. The van der Waals surface area contributed by atoms with Crippen LogP contribution in [0.3, 0.4) is 0 Å². The van der Waals surface area contributed by atoms with E-state index in [1.54, 1.807) is 11.8 Å². The molecule has 0 heterocycles. The van der Waals surface area contributed by atoms with E-state index in [9.17, 15) is 4.79 Å². The van der Waals surface area contributed by atoms with Gasteiger partial charge in [0.25, 0.3) is 0 Å². The van der Waals surface area contributed by atoms with Crippen molar-refractivity contribution in [2.24, 2.45) is 5.92 Å². The molecule has 0 radical (unpaired) electrons. The Morgan fingerprint density at radius 1 is 1.00 bits per heavy atom. The number of thioether (sulfide) groups is 1. The molecule has 2 rings (SSSR count). The normalized spacial score (nSPS) is 13.7. The lowest BCUT2D eigenvalue weighted by molar-refractivity contribution is -0.122. The molecule has 0 aliphatic carbocycles. The molecule has 2 unspecified atom stereocenters. The van der Waals surface area contributed by atoms with E-state index in [2.05, 4.69) is 24.3 Å². The van der Waals surface area contributed by atoms with Crippen LogP contribution >= 0.6 is 11.8 Å². The third kappa shape index (κ3) is 3.73. The molecular formula is C18H20OS. The first-order valence-electron chi connectivity index (χ1n) is 7.01. The van der Waals surface area contributed by atoms with E-state index in [1.165, 1.54) is 10.5 Å². The second-order valence-electron chi connectivity index (χ2n) is 4.87. The van der Waals surface area contributed by atoms with E-state index in [4.69, 9.17) is 0 Å². The fraction of sp³-hybridized carbons (Fsp3) is 0.278. The predicted octanol–water partition coefficient (Wildman–Crippen LogP) is 5.14. The van der Waals surface area contributed by atoms with Gasteiger partial charge in [-0.25, -0.2) is 0 Å². The Bertz CT molecular complexity index is 536. The van der Waals surface area contributed by atoms with Crippen molar-refractivity contribution in [2.45, 2.75) is 30.4 Å². The van der Waals surface area contributed by atoms with Crippen molar-refractivity contribution < 1.29 is 4.79 Å². The first-order valence-corrected chi connectivity index (χ1v) is 7.89. The largest absolute Gasteiger partial charge is 0.299 e. The molecule has 104 valence electrons. The van der Waals surface area contributed by atoms with Gasteiger partial charge in [-0.05, 0) is 17.7 Å². The van der Waals surface area contributed by atoms with Crippen molar-refractivity contribution in [3.05, 3.63) is 66.2 Å². The Hall–Kier alpha value is -1.54. The zero-order valence-electron chi connectivity index (χ0n) is 12.0. The van der Waals surface area contributed by atoms with E-state index in [1.807, 2.05) is 50.2 Å². The lowest BCUT2D eigenvalue weighted by Gasteiger charge is -2.23. The Morgan fingerprint density at radius 3 is 2.10 bits per heavy atom. The summed E-state index contributed by atoms with van der Waals surface area (Å²) in [7, 11) is 0. The zero-order valence-corrected chi connectivity index (χ0v) is 12.8. The first-order chi connectivity index (χ1) is 9.72. The van der Waals surface area contributed by atoms with Gasteiger partial charge >= 0.3 is 0 Å². The van der Waals surface area contributed by atoms with Gasteiger partial charge < -0.3 is 0 Å². The standard InChI is InChI=1S/C18H20OS/c1-3-17(19)14(2)18(15-10-6-4-7-11-15)20-16-12-8-5-9-13-16/h4-14,18H,3H2,1-2H3. The summed E-state index contributed by atoms with van der Waals surface area (Å²) in [5.41, 5.74) is 1.22. The summed E-state index contributed by atoms with van der Waals surface area (Å²) in [6.45, 7) is 3.98. The Balaban J connectivity index is 2.27. The van der Waals surface area contributed by atoms with Crippen LogP contribution in [0, 0.1) is 5.92 Å². The van der Waals surface area contributed by atoms with E-state index in [-0.39, 0.29) is 11.2 Å². The summed E-state index contributed by atoms with van der Waals surface area (Å²) in [6.07, 6.45) is 0.597. The minimum atomic E-state index is 0.0209. The summed E-state index contributed by atoms with van der Waals surface area (Å²) in [5.74, 6) is 0.342. The molecule has 2 aromatic rings. The number of carbonyl (C=O) groups excluding carboxylic acids is 1. The molecule has 0 aromatic heterocycles. The molecule has 2 atom stereocenters. The summed E-state index contributed by atoms with van der Waals surface area (Å²) < 4.78 is 0. The molecular weight excluding hydrogens is 264 g/mol. The summed E-state index contributed by atoms with van der Waals surface area (Å²) in [4.78, 5) is 13.3. The molecule has 0 fully saturated rings. The number of ketones is 1. The lowest BCUT2D eigenvalue weighted by atomic mass is 9.95.